The lowest BCUT2D eigenvalue weighted by atomic mass is 9.83. The van der Waals surface area contributed by atoms with Crippen molar-refractivity contribution >= 4 is 58.1 Å². The summed E-state index contributed by atoms with van der Waals surface area (Å²) in [5.41, 5.74) is 3.24. The van der Waals surface area contributed by atoms with E-state index in [0.717, 1.165) is 54.0 Å². The van der Waals surface area contributed by atoms with E-state index in [0.29, 0.717) is 20.6 Å². The number of nitrogens with zero attached hydrogens (tertiary/aromatic N) is 2. The Labute approximate surface area is 172 Å². The van der Waals surface area contributed by atoms with E-state index in [1.165, 1.54) is 0 Å². The van der Waals surface area contributed by atoms with Gasteiger partial charge in [-0.05, 0) is 44.0 Å². The lowest BCUT2D eigenvalue weighted by Gasteiger charge is -2.23. The van der Waals surface area contributed by atoms with Crippen molar-refractivity contribution in [1.29, 1.82) is 0 Å². The van der Waals surface area contributed by atoms with Crippen molar-refractivity contribution in [2.45, 2.75) is 32.2 Å². The summed E-state index contributed by atoms with van der Waals surface area (Å²) in [5.74, 6) is 0.778. The van der Waals surface area contributed by atoms with Crippen molar-refractivity contribution in [2.75, 3.05) is 11.9 Å². The van der Waals surface area contributed by atoms with Crippen LogP contribution in [0.1, 0.15) is 25.8 Å². The van der Waals surface area contributed by atoms with Crippen molar-refractivity contribution in [3.05, 3.63) is 44.9 Å². The van der Waals surface area contributed by atoms with Gasteiger partial charge >= 0.3 is 0 Å². The Balaban J connectivity index is 2.10. The van der Waals surface area contributed by atoms with Crippen molar-refractivity contribution in [3.63, 3.8) is 0 Å². The first-order valence-electron chi connectivity index (χ1n) is 8.72. The van der Waals surface area contributed by atoms with Crippen LogP contribution in [-0.4, -0.2) is 22.4 Å². The number of carbonyl (C=O) groups is 1. The molecule has 0 radical (unpaired) electrons. The molecule has 0 saturated carbocycles. The highest BCUT2D eigenvalue weighted by Crippen LogP contribution is 2.43. The molecule has 1 N–H and O–H groups in total. The minimum atomic E-state index is -0.704. The molecule has 27 heavy (non-hydrogen) atoms. The number of halogens is 3. The molecule has 0 saturated heterocycles. The molecule has 140 valence electrons. The van der Waals surface area contributed by atoms with Crippen LogP contribution >= 0.6 is 34.8 Å². The van der Waals surface area contributed by atoms with Crippen molar-refractivity contribution < 1.29 is 4.79 Å². The quantitative estimate of drug-likeness (QED) is 0.530. The maximum absolute atomic E-state index is 11.9. The zero-order valence-corrected chi connectivity index (χ0v) is 17.2. The second kappa shape index (κ2) is 6.69. The van der Waals surface area contributed by atoms with Gasteiger partial charge in [-0.15, -0.1) is 0 Å². The SMILES string of the molecule is CC(C)(C=O)c1cc(-c2ccc(Cl)cc2Cl)c(Cl)c2nc3n(c12)CCCN3. The van der Waals surface area contributed by atoms with E-state index in [2.05, 4.69) is 9.88 Å². The van der Waals surface area contributed by atoms with Crippen LogP contribution < -0.4 is 5.32 Å². The van der Waals surface area contributed by atoms with E-state index in [9.17, 15) is 4.79 Å². The summed E-state index contributed by atoms with van der Waals surface area (Å²) >= 11 is 19.3. The van der Waals surface area contributed by atoms with E-state index >= 15 is 0 Å². The average Bonchev–Trinajstić information content (AvgIpc) is 3.03. The zero-order chi connectivity index (χ0) is 19.3. The van der Waals surface area contributed by atoms with E-state index in [4.69, 9.17) is 39.8 Å². The molecule has 4 rings (SSSR count). The molecule has 1 aliphatic heterocycles. The van der Waals surface area contributed by atoms with Gasteiger partial charge in [0.2, 0.25) is 5.95 Å². The van der Waals surface area contributed by atoms with Crippen LogP contribution in [0.25, 0.3) is 22.2 Å². The number of hydrogen-bond donors (Lipinski definition) is 1. The molecule has 3 aromatic rings. The van der Waals surface area contributed by atoms with Crippen LogP contribution in [0.15, 0.2) is 24.3 Å². The van der Waals surface area contributed by atoms with Crippen LogP contribution in [0, 0.1) is 0 Å². The van der Waals surface area contributed by atoms with Crippen molar-refractivity contribution in [2.24, 2.45) is 0 Å². The number of aldehydes is 1. The predicted octanol–water partition coefficient (Wildman–Crippen LogP) is 5.96. The number of benzene rings is 2. The number of rotatable bonds is 3. The van der Waals surface area contributed by atoms with Crippen molar-refractivity contribution in [3.8, 4) is 11.1 Å². The van der Waals surface area contributed by atoms with Gasteiger partial charge in [-0.3, -0.25) is 0 Å². The number of hydrogen-bond acceptors (Lipinski definition) is 3. The molecule has 0 amide bonds. The Morgan fingerprint density at radius 3 is 2.67 bits per heavy atom. The summed E-state index contributed by atoms with van der Waals surface area (Å²) in [6.45, 7) is 5.49. The third-order valence-electron chi connectivity index (χ3n) is 5.01. The van der Waals surface area contributed by atoms with Gasteiger partial charge in [-0.2, -0.15) is 0 Å². The topological polar surface area (TPSA) is 46.9 Å². The third-order valence-corrected chi connectivity index (χ3v) is 5.94. The molecule has 0 bridgehead atoms. The number of nitrogens with one attached hydrogen (secondary N) is 1. The van der Waals surface area contributed by atoms with Crippen LogP contribution in [0.2, 0.25) is 15.1 Å². The van der Waals surface area contributed by atoms with Gasteiger partial charge in [0, 0.05) is 39.7 Å². The Kier molecular flexibility index (Phi) is 4.61. The van der Waals surface area contributed by atoms with E-state index in [-0.39, 0.29) is 0 Å². The van der Waals surface area contributed by atoms with Gasteiger partial charge in [-0.25, -0.2) is 4.98 Å². The Morgan fingerprint density at radius 2 is 1.96 bits per heavy atom. The molecular weight excluding hydrogens is 405 g/mol. The third kappa shape index (κ3) is 3.00. The van der Waals surface area contributed by atoms with Crippen LogP contribution in [0.4, 0.5) is 5.95 Å². The predicted molar refractivity (Wildman–Crippen MR) is 112 cm³/mol. The molecule has 0 fully saturated rings. The molecule has 0 atom stereocenters. The normalized spacial score (nSPS) is 14.1. The van der Waals surface area contributed by atoms with Gasteiger partial charge < -0.3 is 14.7 Å². The van der Waals surface area contributed by atoms with E-state index in [1.54, 1.807) is 12.1 Å². The summed E-state index contributed by atoms with van der Waals surface area (Å²) in [6.07, 6.45) is 1.95. The maximum atomic E-state index is 11.9. The van der Waals surface area contributed by atoms with Crippen LogP contribution in [0.3, 0.4) is 0 Å². The molecule has 0 aliphatic carbocycles. The minimum Gasteiger partial charge on any atom is -0.356 e. The Morgan fingerprint density at radius 1 is 1.19 bits per heavy atom. The lowest BCUT2D eigenvalue weighted by Crippen LogP contribution is -2.22. The lowest BCUT2D eigenvalue weighted by molar-refractivity contribution is -0.111. The average molecular weight is 423 g/mol. The summed E-state index contributed by atoms with van der Waals surface area (Å²) in [5, 5.41) is 4.88. The first-order chi connectivity index (χ1) is 12.8. The largest absolute Gasteiger partial charge is 0.356 e. The van der Waals surface area contributed by atoms with Gasteiger partial charge in [0.25, 0.3) is 0 Å². The number of anilines is 1. The van der Waals surface area contributed by atoms with Gasteiger partial charge in [0.05, 0.1) is 10.5 Å². The summed E-state index contributed by atoms with van der Waals surface area (Å²) in [7, 11) is 0. The van der Waals surface area contributed by atoms with E-state index in [1.807, 2.05) is 26.0 Å². The first kappa shape index (κ1) is 18.6. The number of imidazole rings is 1. The second-order valence-electron chi connectivity index (χ2n) is 7.31. The number of aromatic nitrogens is 2. The molecule has 2 heterocycles. The fraction of sp³-hybridized carbons (Fsp3) is 0.300. The molecule has 1 aliphatic rings. The molecule has 1 aromatic heterocycles. The minimum absolute atomic E-state index is 0.501. The first-order valence-corrected chi connectivity index (χ1v) is 9.85. The molecule has 4 nitrogen and oxygen atoms in total. The van der Waals surface area contributed by atoms with E-state index < -0.39 is 5.41 Å². The van der Waals surface area contributed by atoms with Gasteiger partial charge in [0.1, 0.15) is 11.8 Å². The summed E-state index contributed by atoms with van der Waals surface area (Å²) < 4.78 is 2.11. The Bertz CT molecular complexity index is 1070. The fourth-order valence-electron chi connectivity index (χ4n) is 3.53. The molecule has 0 spiro atoms. The zero-order valence-electron chi connectivity index (χ0n) is 14.9. The molecule has 0 unspecified atom stereocenters. The summed E-state index contributed by atoms with van der Waals surface area (Å²) in [6, 6.07) is 7.25. The van der Waals surface area contributed by atoms with Gasteiger partial charge in [0.15, 0.2) is 0 Å². The van der Waals surface area contributed by atoms with Crippen LogP contribution in [0.5, 0.6) is 0 Å². The maximum Gasteiger partial charge on any atom is 0.203 e. The Hall–Kier alpha value is -1.75. The van der Waals surface area contributed by atoms with Gasteiger partial charge in [-0.1, -0.05) is 40.9 Å². The smallest absolute Gasteiger partial charge is 0.203 e. The molecular formula is C20H18Cl3N3O. The molecule has 2 aromatic carbocycles. The highest BCUT2D eigenvalue weighted by atomic mass is 35.5. The van der Waals surface area contributed by atoms with Crippen LogP contribution in [-0.2, 0) is 16.8 Å². The molecule has 7 heteroatoms. The highest BCUT2D eigenvalue weighted by Gasteiger charge is 2.30. The number of aryl methyl sites for hydroxylation is 1. The number of carbonyl (C=O) groups excluding carboxylic acids is 1. The summed E-state index contributed by atoms with van der Waals surface area (Å²) in [4.78, 5) is 16.6. The highest BCUT2D eigenvalue weighted by molar-refractivity contribution is 6.40. The monoisotopic (exact) mass is 421 g/mol. The second-order valence-corrected chi connectivity index (χ2v) is 8.54. The van der Waals surface area contributed by atoms with Crippen molar-refractivity contribution in [1.82, 2.24) is 9.55 Å². The number of fused-ring (bicyclic) bond motifs is 3. The fourth-order valence-corrected chi connectivity index (χ4v) is 4.33. The standard InChI is InChI=1S/C20H18Cl3N3O/c1-20(2,10-27)14-9-13(12-5-4-11(21)8-15(12)22)16(23)17-18(14)26-7-3-6-24-19(26)25-17/h4-5,8-10H,3,6-7H2,1-2H3,(H,24,25).